The molecule has 0 saturated carbocycles. The van der Waals surface area contributed by atoms with E-state index in [1.54, 1.807) is 12.1 Å². The molecule has 1 aromatic carbocycles. The average molecular weight is 213 g/mol. The molecule has 0 spiro atoms. The van der Waals surface area contributed by atoms with Crippen LogP contribution in [0.4, 0.5) is 0 Å². The van der Waals surface area contributed by atoms with Crippen molar-refractivity contribution in [1.29, 1.82) is 0 Å². The summed E-state index contributed by atoms with van der Waals surface area (Å²) in [5.74, 6) is 0. The lowest BCUT2D eigenvalue weighted by Crippen LogP contribution is -2.17. The van der Waals surface area contributed by atoms with Crippen molar-refractivity contribution in [3.05, 3.63) is 29.8 Å². The Bertz CT molecular complexity index is 422. The normalized spacial score (nSPS) is 11.9. The van der Waals surface area contributed by atoms with Crippen LogP contribution in [0.2, 0.25) is 0 Å². The van der Waals surface area contributed by atoms with Crippen LogP contribution < -0.4 is 4.83 Å². The van der Waals surface area contributed by atoms with Gasteiger partial charge in [0.05, 0.1) is 11.9 Å². The summed E-state index contributed by atoms with van der Waals surface area (Å²) < 4.78 is 22.9. The molecule has 0 radical (unpaired) electrons. The van der Waals surface area contributed by atoms with Gasteiger partial charge in [-0.2, -0.15) is 18.4 Å². The summed E-state index contributed by atoms with van der Waals surface area (Å²) in [5, 5.41) is 6.53. The number of sulfonamides is 1. The Balaban J connectivity index is 2.99. The van der Waals surface area contributed by atoms with Gasteiger partial charge in [-0.25, -0.2) is 0 Å². The van der Waals surface area contributed by atoms with Gasteiger partial charge in [0, 0.05) is 0 Å². The third-order valence-electron chi connectivity index (χ3n) is 1.59. The Morgan fingerprint density at radius 1 is 1.21 bits per heavy atom. The molecule has 0 bridgehead atoms. The number of hydrogen-bond donors (Lipinski definition) is 1. The molecule has 1 N–H and O–H groups in total. The molecule has 5 nitrogen and oxygen atoms in total. The molecular formula is C8H11N3O2S. The number of aryl methyl sites for hydroxylation is 1. The summed E-state index contributed by atoms with van der Waals surface area (Å²) >= 11 is 0. The molecule has 0 aliphatic heterocycles. The molecule has 0 atom stereocenters. The van der Waals surface area contributed by atoms with Gasteiger partial charge in [0.15, 0.2) is 0 Å². The van der Waals surface area contributed by atoms with Crippen molar-refractivity contribution in [3.63, 3.8) is 0 Å². The Kier molecular flexibility index (Phi) is 3.19. The molecule has 1 aromatic rings. The number of nitrogens with one attached hydrogen (secondary N) is 1. The molecule has 76 valence electrons. The van der Waals surface area contributed by atoms with E-state index in [4.69, 9.17) is 0 Å². The minimum absolute atomic E-state index is 0.176. The van der Waals surface area contributed by atoms with E-state index in [2.05, 4.69) is 10.3 Å². The Hall–Kier alpha value is -1.43. The highest BCUT2D eigenvalue weighted by Crippen LogP contribution is 2.09. The van der Waals surface area contributed by atoms with Gasteiger partial charge in [0.1, 0.15) is 0 Å². The van der Waals surface area contributed by atoms with Crippen LogP contribution >= 0.6 is 0 Å². The van der Waals surface area contributed by atoms with Crippen LogP contribution in [-0.4, -0.2) is 15.5 Å². The third-order valence-corrected chi connectivity index (χ3v) is 2.81. The zero-order valence-corrected chi connectivity index (χ0v) is 8.75. The molecule has 0 amide bonds. The number of rotatable bonds is 3. The number of benzene rings is 1. The lowest BCUT2D eigenvalue weighted by molar-refractivity contribution is 0.581. The maximum absolute atomic E-state index is 11.4. The first-order chi connectivity index (χ1) is 6.56. The second-order valence-electron chi connectivity index (χ2n) is 2.71. The molecule has 1 rings (SSSR count). The first kappa shape index (κ1) is 10.6. The SMILES string of the molecule is CN=NNS(=O)(=O)c1ccc(C)cc1. The highest BCUT2D eigenvalue weighted by Gasteiger charge is 2.11. The van der Waals surface area contributed by atoms with Crippen LogP contribution in [0.5, 0.6) is 0 Å². The van der Waals surface area contributed by atoms with Gasteiger partial charge in [0.25, 0.3) is 10.0 Å². The number of hydrogen-bond acceptors (Lipinski definition) is 4. The van der Waals surface area contributed by atoms with E-state index in [0.717, 1.165) is 5.56 Å². The topological polar surface area (TPSA) is 70.9 Å². The summed E-state index contributed by atoms with van der Waals surface area (Å²) in [6, 6.07) is 6.47. The molecule has 0 aromatic heterocycles. The molecule has 0 saturated heterocycles. The number of nitrogens with zero attached hydrogens (tertiary/aromatic N) is 2. The summed E-state index contributed by atoms with van der Waals surface area (Å²) in [7, 11) is -2.16. The van der Waals surface area contributed by atoms with Gasteiger partial charge < -0.3 is 0 Å². The fourth-order valence-electron chi connectivity index (χ4n) is 0.865. The van der Waals surface area contributed by atoms with Crippen LogP contribution in [0.15, 0.2) is 39.5 Å². The van der Waals surface area contributed by atoms with Crippen LogP contribution in [0, 0.1) is 6.92 Å². The first-order valence-corrected chi connectivity index (χ1v) is 5.42. The van der Waals surface area contributed by atoms with Crippen LogP contribution in [0.3, 0.4) is 0 Å². The van der Waals surface area contributed by atoms with Gasteiger partial charge in [0.2, 0.25) is 0 Å². The zero-order chi connectivity index (χ0) is 10.6. The maximum atomic E-state index is 11.4. The lowest BCUT2D eigenvalue weighted by Gasteiger charge is -2.01. The third kappa shape index (κ3) is 2.53. The smallest absolute Gasteiger partial charge is 0.200 e. The van der Waals surface area contributed by atoms with E-state index in [9.17, 15) is 8.42 Å². The van der Waals surface area contributed by atoms with E-state index in [0.29, 0.717) is 0 Å². The van der Waals surface area contributed by atoms with Gasteiger partial charge >= 0.3 is 0 Å². The fraction of sp³-hybridized carbons (Fsp3) is 0.250. The average Bonchev–Trinajstić information content (AvgIpc) is 2.16. The largest absolute Gasteiger partial charge is 0.277 e. The minimum Gasteiger partial charge on any atom is -0.200 e. The van der Waals surface area contributed by atoms with Gasteiger partial charge in [-0.15, -0.1) is 0 Å². The molecule has 0 aliphatic carbocycles. The first-order valence-electron chi connectivity index (χ1n) is 3.93. The molecule has 0 fully saturated rings. The van der Waals surface area contributed by atoms with E-state index >= 15 is 0 Å². The summed E-state index contributed by atoms with van der Waals surface area (Å²) in [6.07, 6.45) is 0. The standard InChI is InChI=1S/C8H11N3O2S/c1-7-3-5-8(6-4-7)14(12,13)11-10-9-2/h3-6H,1-2H3,(H,9,11). The van der Waals surface area contributed by atoms with E-state index in [1.807, 2.05) is 11.8 Å². The molecular weight excluding hydrogens is 202 g/mol. The van der Waals surface area contributed by atoms with Crippen molar-refractivity contribution in [2.45, 2.75) is 11.8 Å². The van der Waals surface area contributed by atoms with Crippen molar-refractivity contribution in [1.82, 2.24) is 4.83 Å². The summed E-state index contributed by atoms with van der Waals surface area (Å²) in [6.45, 7) is 1.88. The van der Waals surface area contributed by atoms with Gasteiger partial charge in [-0.3, -0.25) is 0 Å². The van der Waals surface area contributed by atoms with Gasteiger partial charge in [-0.1, -0.05) is 22.9 Å². The van der Waals surface area contributed by atoms with E-state index < -0.39 is 10.0 Å². The molecule has 14 heavy (non-hydrogen) atoms. The molecule has 0 heterocycles. The van der Waals surface area contributed by atoms with Crippen molar-refractivity contribution >= 4 is 10.0 Å². The highest BCUT2D eigenvalue weighted by atomic mass is 32.2. The van der Waals surface area contributed by atoms with Crippen LogP contribution in [-0.2, 0) is 10.0 Å². The zero-order valence-electron chi connectivity index (χ0n) is 7.93. The molecule has 0 aliphatic rings. The minimum atomic E-state index is -3.55. The van der Waals surface area contributed by atoms with Crippen LogP contribution in [0.25, 0.3) is 0 Å². The van der Waals surface area contributed by atoms with Crippen molar-refractivity contribution in [2.75, 3.05) is 7.05 Å². The fourth-order valence-corrected chi connectivity index (χ4v) is 1.65. The quantitative estimate of drug-likeness (QED) is 0.606. The van der Waals surface area contributed by atoms with Crippen LogP contribution in [0.1, 0.15) is 5.56 Å². The van der Waals surface area contributed by atoms with Crippen molar-refractivity contribution in [3.8, 4) is 0 Å². The van der Waals surface area contributed by atoms with E-state index in [1.165, 1.54) is 19.2 Å². The predicted octanol–water partition coefficient (Wildman–Crippen LogP) is 1.27. The summed E-state index contributed by atoms with van der Waals surface area (Å²) in [4.78, 5) is 2.15. The predicted molar refractivity (Wildman–Crippen MR) is 52.3 cm³/mol. The maximum Gasteiger partial charge on any atom is 0.277 e. The van der Waals surface area contributed by atoms with Crippen molar-refractivity contribution in [2.24, 2.45) is 10.3 Å². The van der Waals surface area contributed by atoms with Gasteiger partial charge in [-0.05, 0) is 19.1 Å². The van der Waals surface area contributed by atoms with E-state index in [-0.39, 0.29) is 4.90 Å². The summed E-state index contributed by atoms with van der Waals surface area (Å²) in [5.41, 5.74) is 1.00. The van der Waals surface area contributed by atoms with Crippen molar-refractivity contribution < 1.29 is 8.42 Å². The lowest BCUT2D eigenvalue weighted by atomic mass is 10.2. The highest BCUT2D eigenvalue weighted by molar-refractivity contribution is 7.89. The monoisotopic (exact) mass is 213 g/mol. The second-order valence-corrected chi connectivity index (χ2v) is 4.37. The molecule has 0 unspecified atom stereocenters. The Morgan fingerprint density at radius 2 is 1.79 bits per heavy atom. The second kappa shape index (κ2) is 4.19. The Morgan fingerprint density at radius 3 is 2.29 bits per heavy atom. The molecule has 6 heteroatoms. The Labute approximate surface area is 82.9 Å².